The second-order valence-electron chi connectivity index (χ2n) is 2.06. The van der Waals surface area contributed by atoms with Crippen molar-refractivity contribution < 1.29 is 0 Å². The molecule has 2 heterocycles. The van der Waals surface area contributed by atoms with Crippen LogP contribution in [0, 0.1) is 3.70 Å². The maximum atomic E-state index is 5.74. The number of hydrogen-bond donors (Lipinski definition) is 1. The number of H-pyrrole nitrogens is 1. The summed E-state index contributed by atoms with van der Waals surface area (Å²) in [5.74, 6) is 0. The Balaban J connectivity index is 2.87. The molecule has 0 atom stereocenters. The number of nitrogens with zero attached hydrogens (tertiary/aromatic N) is 2. The normalized spacial score (nSPS) is 10.7. The van der Waals surface area contributed by atoms with Crippen LogP contribution in [0.5, 0.6) is 0 Å². The Morgan fingerprint density at radius 2 is 2.36 bits per heavy atom. The van der Waals surface area contributed by atoms with E-state index in [2.05, 4.69) is 37.8 Å². The summed E-state index contributed by atoms with van der Waals surface area (Å²) in [6, 6.07) is 1.84. The summed E-state index contributed by atoms with van der Waals surface area (Å²) in [4.78, 5) is 4.02. The van der Waals surface area contributed by atoms with E-state index >= 15 is 0 Å². The van der Waals surface area contributed by atoms with Crippen molar-refractivity contribution in [3.63, 3.8) is 0 Å². The molecule has 0 radical (unpaired) electrons. The molecule has 3 nitrogen and oxygen atoms in total. The van der Waals surface area contributed by atoms with Crippen LogP contribution in [0.2, 0.25) is 5.02 Å². The van der Waals surface area contributed by atoms with Gasteiger partial charge in [-0.05, 0) is 28.7 Å². The van der Waals surface area contributed by atoms with Gasteiger partial charge in [-0.2, -0.15) is 5.10 Å². The van der Waals surface area contributed by atoms with Gasteiger partial charge in [-0.15, -0.1) is 0 Å². The van der Waals surface area contributed by atoms with Crippen molar-refractivity contribution in [3.8, 4) is 0 Å². The SMILES string of the molecule is Clc1cnc2n[nH]c(I)c2c1. The molecule has 2 aromatic rings. The van der Waals surface area contributed by atoms with Crippen LogP contribution < -0.4 is 0 Å². The first-order valence-electron chi connectivity index (χ1n) is 2.92. The third-order valence-electron chi connectivity index (χ3n) is 1.33. The van der Waals surface area contributed by atoms with E-state index in [0.717, 1.165) is 9.09 Å². The van der Waals surface area contributed by atoms with Gasteiger partial charge in [-0.3, -0.25) is 5.10 Å². The Morgan fingerprint density at radius 3 is 3.18 bits per heavy atom. The molecule has 11 heavy (non-hydrogen) atoms. The number of aromatic amines is 1. The molecule has 0 unspecified atom stereocenters. The summed E-state index contributed by atoms with van der Waals surface area (Å²) in [6.45, 7) is 0. The summed E-state index contributed by atoms with van der Waals surface area (Å²) in [7, 11) is 0. The van der Waals surface area contributed by atoms with Crippen LogP contribution in [0.25, 0.3) is 11.0 Å². The summed E-state index contributed by atoms with van der Waals surface area (Å²) in [5, 5.41) is 8.38. The van der Waals surface area contributed by atoms with Crippen molar-refractivity contribution in [2.75, 3.05) is 0 Å². The number of rotatable bonds is 0. The molecule has 0 aliphatic carbocycles. The topological polar surface area (TPSA) is 41.6 Å². The summed E-state index contributed by atoms with van der Waals surface area (Å²) in [6.07, 6.45) is 1.58. The second-order valence-corrected chi connectivity index (χ2v) is 3.58. The molecule has 0 amide bonds. The van der Waals surface area contributed by atoms with Crippen molar-refractivity contribution in [2.24, 2.45) is 0 Å². The number of nitrogens with one attached hydrogen (secondary N) is 1. The van der Waals surface area contributed by atoms with Gasteiger partial charge in [0.2, 0.25) is 0 Å². The Kier molecular flexibility index (Phi) is 1.72. The van der Waals surface area contributed by atoms with E-state index in [0.29, 0.717) is 10.7 Å². The largest absolute Gasteiger partial charge is 0.269 e. The van der Waals surface area contributed by atoms with Crippen LogP contribution in [0.3, 0.4) is 0 Å². The lowest BCUT2D eigenvalue weighted by atomic mass is 10.4. The number of fused-ring (bicyclic) bond motifs is 1. The molecule has 0 aromatic carbocycles. The van der Waals surface area contributed by atoms with Gasteiger partial charge in [0.1, 0.15) is 3.70 Å². The Labute approximate surface area is 81.3 Å². The molecule has 0 saturated carbocycles. The molecule has 1 N–H and O–H groups in total. The van der Waals surface area contributed by atoms with Crippen molar-refractivity contribution in [3.05, 3.63) is 21.0 Å². The van der Waals surface area contributed by atoms with Crippen molar-refractivity contribution >= 4 is 45.2 Å². The molecule has 0 bridgehead atoms. The van der Waals surface area contributed by atoms with Crippen LogP contribution >= 0.6 is 34.2 Å². The minimum absolute atomic E-state index is 0.636. The zero-order chi connectivity index (χ0) is 7.84. The van der Waals surface area contributed by atoms with Crippen molar-refractivity contribution in [1.82, 2.24) is 15.2 Å². The van der Waals surface area contributed by atoms with Gasteiger partial charge in [0.05, 0.1) is 10.4 Å². The molecule has 2 aromatic heterocycles. The zero-order valence-corrected chi connectivity index (χ0v) is 8.22. The monoisotopic (exact) mass is 279 g/mol. The highest BCUT2D eigenvalue weighted by molar-refractivity contribution is 14.1. The predicted molar refractivity (Wildman–Crippen MR) is 51.6 cm³/mol. The number of hydrogen-bond acceptors (Lipinski definition) is 2. The van der Waals surface area contributed by atoms with E-state index in [-0.39, 0.29) is 0 Å². The van der Waals surface area contributed by atoms with E-state index in [1.54, 1.807) is 6.20 Å². The van der Waals surface area contributed by atoms with E-state index in [1.807, 2.05) is 6.07 Å². The van der Waals surface area contributed by atoms with Gasteiger partial charge in [-0.25, -0.2) is 4.98 Å². The lowest BCUT2D eigenvalue weighted by Crippen LogP contribution is -1.74. The highest BCUT2D eigenvalue weighted by Gasteiger charge is 2.02. The fourth-order valence-electron chi connectivity index (χ4n) is 0.845. The highest BCUT2D eigenvalue weighted by Crippen LogP contribution is 2.18. The average Bonchev–Trinajstić information content (AvgIpc) is 2.33. The predicted octanol–water partition coefficient (Wildman–Crippen LogP) is 2.22. The fraction of sp³-hybridized carbons (Fsp3) is 0. The van der Waals surface area contributed by atoms with Gasteiger partial charge >= 0.3 is 0 Å². The minimum Gasteiger partial charge on any atom is -0.269 e. The van der Waals surface area contributed by atoms with Gasteiger partial charge < -0.3 is 0 Å². The van der Waals surface area contributed by atoms with Crippen LogP contribution in [0.4, 0.5) is 0 Å². The quantitative estimate of drug-likeness (QED) is 0.751. The third-order valence-corrected chi connectivity index (χ3v) is 2.36. The van der Waals surface area contributed by atoms with Gasteiger partial charge in [0, 0.05) is 6.20 Å². The van der Waals surface area contributed by atoms with Gasteiger partial charge in [0.25, 0.3) is 0 Å². The Hall–Kier alpha value is -0.360. The molecule has 0 fully saturated rings. The first-order valence-corrected chi connectivity index (χ1v) is 4.38. The van der Waals surface area contributed by atoms with Gasteiger partial charge in [0.15, 0.2) is 5.65 Å². The molecular weight excluding hydrogens is 276 g/mol. The minimum atomic E-state index is 0.636. The maximum Gasteiger partial charge on any atom is 0.182 e. The molecule has 0 saturated heterocycles. The fourth-order valence-corrected chi connectivity index (χ4v) is 1.52. The van der Waals surface area contributed by atoms with E-state index in [1.165, 1.54) is 0 Å². The molecule has 0 aliphatic heterocycles. The smallest absolute Gasteiger partial charge is 0.182 e. The van der Waals surface area contributed by atoms with Crippen LogP contribution in [0.1, 0.15) is 0 Å². The molecule has 56 valence electrons. The van der Waals surface area contributed by atoms with Crippen LogP contribution in [-0.4, -0.2) is 15.2 Å². The molecule has 2 rings (SSSR count). The summed E-state index contributed by atoms with van der Waals surface area (Å²) in [5.41, 5.74) is 0.707. The Bertz CT molecular complexity index is 398. The lowest BCUT2D eigenvalue weighted by molar-refractivity contribution is 1.08. The van der Waals surface area contributed by atoms with Crippen molar-refractivity contribution in [1.29, 1.82) is 0 Å². The molecular formula is C6H3ClIN3. The first-order chi connectivity index (χ1) is 5.27. The first kappa shape index (κ1) is 7.30. The lowest BCUT2D eigenvalue weighted by Gasteiger charge is -1.87. The highest BCUT2D eigenvalue weighted by atomic mass is 127. The second kappa shape index (κ2) is 2.60. The average molecular weight is 279 g/mol. The standard InChI is InChI=1S/C6H3ClIN3/c7-3-1-4-5(8)10-11-6(4)9-2-3/h1-2H,(H,9,10,11). The maximum absolute atomic E-state index is 5.74. The van der Waals surface area contributed by atoms with E-state index in [4.69, 9.17) is 11.6 Å². The number of halogens is 2. The molecule has 0 aliphatic rings. The molecule has 5 heteroatoms. The third kappa shape index (κ3) is 1.20. The Morgan fingerprint density at radius 1 is 1.55 bits per heavy atom. The van der Waals surface area contributed by atoms with Gasteiger partial charge in [-0.1, -0.05) is 11.6 Å². The summed E-state index contributed by atoms with van der Waals surface area (Å²) < 4.78 is 0.965. The van der Waals surface area contributed by atoms with Crippen LogP contribution in [-0.2, 0) is 0 Å². The van der Waals surface area contributed by atoms with Crippen LogP contribution in [0.15, 0.2) is 12.3 Å². The van der Waals surface area contributed by atoms with E-state index in [9.17, 15) is 0 Å². The zero-order valence-electron chi connectivity index (χ0n) is 5.31. The summed E-state index contributed by atoms with van der Waals surface area (Å²) >= 11 is 7.89. The van der Waals surface area contributed by atoms with E-state index < -0.39 is 0 Å². The number of aromatic nitrogens is 3. The number of pyridine rings is 1. The molecule has 0 spiro atoms. The van der Waals surface area contributed by atoms with Crippen molar-refractivity contribution in [2.45, 2.75) is 0 Å².